The molecule has 1 fully saturated rings. The summed E-state index contributed by atoms with van der Waals surface area (Å²) in [5.41, 5.74) is -0.167. The molecule has 0 amide bonds. The molecule has 4 atom stereocenters. The predicted octanol–water partition coefficient (Wildman–Crippen LogP) is -0.296. The molecule has 0 aromatic heterocycles. The molecule has 1 aliphatic heterocycles. The van der Waals surface area contributed by atoms with Crippen LogP contribution in [0.15, 0.2) is 0 Å². The second-order valence-electron chi connectivity index (χ2n) is 2.99. The summed E-state index contributed by atoms with van der Waals surface area (Å²) in [6.07, 6.45) is -0.336. The first-order valence-electron chi connectivity index (χ1n) is 3.23. The monoisotopic (exact) mass is 130 g/mol. The van der Waals surface area contributed by atoms with E-state index in [2.05, 4.69) is 0 Å². The van der Waals surface area contributed by atoms with E-state index in [4.69, 9.17) is 5.84 Å². The van der Waals surface area contributed by atoms with Gasteiger partial charge in [-0.1, -0.05) is 0 Å². The van der Waals surface area contributed by atoms with Crippen molar-refractivity contribution in [1.29, 1.82) is 0 Å². The molecule has 1 heterocycles. The molecular weight excluding hydrogens is 116 g/mol. The van der Waals surface area contributed by atoms with Gasteiger partial charge in [-0.3, -0.25) is 5.84 Å². The summed E-state index contributed by atoms with van der Waals surface area (Å²) < 4.78 is 0. The van der Waals surface area contributed by atoms with E-state index < -0.39 is 0 Å². The summed E-state index contributed by atoms with van der Waals surface area (Å²) in [7, 11) is 0. The second-order valence-corrected chi connectivity index (χ2v) is 2.99. The highest BCUT2D eigenvalue weighted by molar-refractivity contribution is 5.11. The number of aliphatic hydroxyl groups is 1. The van der Waals surface area contributed by atoms with Crippen LogP contribution in [0.4, 0.5) is 0 Å². The zero-order valence-corrected chi connectivity index (χ0v) is 6.13. The van der Waals surface area contributed by atoms with Crippen molar-refractivity contribution < 1.29 is 5.11 Å². The van der Waals surface area contributed by atoms with Crippen molar-refractivity contribution >= 4 is 0 Å². The van der Waals surface area contributed by atoms with Gasteiger partial charge in [0.15, 0.2) is 0 Å². The van der Waals surface area contributed by atoms with Crippen LogP contribution in [0, 0.1) is 0 Å². The Morgan fingerprint density at radius 2 is 2.11 bits per heavy atom. The summed E-state index contributed by atoms with van der Waals surface area (Å²) in [6.45, 7) is 5.73. The Balaban J connectivity index is 2.60. The fourth-order valence-corrected chi connectivity index (χ4v) is 1.17. The highest BCUT2D eigenvalue weighted by Crippen LogP contribution is 2.39. The summed E-state index contributed by atoms with van der Waals surface area (Å²) in [5.74, 6) is 5.52. The van der Waals surface area contributed by atoms with Crippen LogP contribution in [0.2, 0.25) is 0 Å². The van der Waals surface area contributed by atoms with Crippen molar-refractivity contribution in [3.63, 3.8) is 0 Å². The third-order valence-corrected chi connectivity index (χ3v) is 2.60. The largest absolute Gasteiger partial charge is 0.391 e. The normalized spacial score (nSPS) is 53.0. The molecular formula is C6H14N2O. The predicted molar refractivity (Wildman–Crippen MR) is 35.6 cm³/mol. The van der Waals surface area contributed by atoms with Crippen molar-refractivity contribution in [1.82, 2.24) is 5.01 Å². The van der Waals surface area contributed by atoms with Gasteiger partial charge in [-0.05, 0) is 20.8 Å². The number of hydrazine groups is 1. The van der Waals surface area contributed by atoms with Crippen molar-refractivity contribution in [3.8, 4) is 0 Å². The van der Waals surface area contributed by atoms with Crippen LogP contribution in [0.5, 0.6) is 0 Å². The number of hydrogen-bond acceptors (Lipinski definition) is 3. The van der Waals surface area contributed by atoms with E-state index >= 15 is 0 Å². The Morgan fingerprint density at radius 3 is 2.11 bits per heavy atom. The van der Waals surface area contributed by atoms with E-state index in [1.54, 1.807) is 11.9 Å². The van der Waals surface area contributed by atoms with Gasteiger partial charge in [0.25, 0.3) is 0 Å². The summed E-state index contributed by atoms with van der Waals surface area (Å²) in [4.78, 5) is 0. The van der Waals surface area contributed by atoms with Crippen LogP contribution in [0.1, 0.15) is 20.8 Å². The molecule has 1 unspecified atom stereocenters. The van der Waals surface area contributed by atoms with Crippen LogP contribution in [0.3, 0.4) is 0 Å². The molecule has 0 spiro atoms. The fourth-order valence-electron chi connectivity index (χ4n) is 1.17. The van der Waals surface area contributed by atoms with Crippen molar-refractivity contribution in [2.24, 2.45) is 5.84 Å². The Kier molecular flexibility index (Phi) is 1.31. The minimum Gasteiger partial charge on any atom is -0.391 e. The topological polar surface area (TPSA) is 49.3 Å². The maximum atomic E-state index is 9.17. The molecule has 1 saturated heterocycles. The molecule has 0 saturated carbocycles. The van der Waals surface area contributed by atoms with Crippen molar-refractivity contribution in [2.45, 2.75) is 38.5 Å². The standard InChI is InChI=1S/C6H14N2O/c1-4-6(3,5(2)9)8(4)7/h4-5,9H,7H2,1-3H3/t4-,5-,6-,8?/m0/s1. The Labute approximate surface area is 55.4 Å². The fraction of sp³-hybridized carbons (Fsp3) is 1.00. The lowest BCUT2D eigenvalue weighted by Gasteiger charge is -2.11. The average molecular weight is 130 g/mol. The highest BCUT2D eigenvalue weighted by Gasteiger charge is 2.57. The van der Waals surface area contributed by atoms with Gasteiger partial charge >= 0.3 is 0 Å². The van der Waals surface area contributed by atoms with Crippen LogP contribution >= 0.6 is 0 Å². The Morgan fingerprint density at radius 1 is 1.78 bits per heavy atom. The molecule has 9 heavy (non-hydrogen) atoms. The van der Waals surface area contributed by atoms with E-state index in [1.807, 2.05) is 13.8 Å². The SMILES string of the molecule is C[C@H](O)[C@]1(C)[C@H](C)N1N. The smallest absolute Gasteiger partial charge is 0.0749 e. The van der Waals surface area contributed by atoms with Gasteiger partial charge in [0.1, 0.15) is 0 Å². The van der Waals surface area contributed by atoms with E-state index in [0.29, 0.717) is 6.04 Å². The van der Waals surface area contributed by atoms with Gasteiger partial charge in [-0.25, -0.2) is 5.01 Å². The van der Waals surface area contributed by atoms with Gasteiger partial charge in [0.2, 0.25) is 0 Å². The molecule has 0 bridgehead atoms. The summed E-state index contributed by atoms with van der Waals surface area (Å²) in [5, 5.41) is 10.8. The van der Waals surface area contributed by atoms with Gasteiger partial charge in [0.05, 0.1) is 11.6 Å². The average Bonchev–Trinajstić information content (AvgIpc) is 2.22. The number of nitrogens with zero attached hydrogens (tertiary/aromatic N) is 1. The van der Waals surface area contributed by atoms with Gasteiger partial charge in [-0.2, -0.15) is 0 Å². The number of rotatable bonds is 1. The summed E-state index contributed by atoms with van der Waals surface area (Å²) >= 11 is 0. The maximum Gasteiger partial charge on any atom is 0.0749 e. The lowest BCUT2D eigenvalue weighted by molar-refractivity contribution is 0.130. The minimum atomic E-state index is -0.336. The Bertz CT molecular complexity index is 107. The van der Waals surface area contributed by atoms with E-state index in [9.17, 15) is 5.11 Å². The Hall–Kier alpha value is -0.120. The first-order chi connectivity index (χ1) is 4.01. The quantitative estimate of drug-likeness (QED) is 0.378. The van der Waals surface area contributed by atoms with Gasteiger partial charge < -0.3 is 5.11 Å². The molecule has 0 aromatic rings. The molecule has 0 aliphatic carbocycles. The maximum absolute atomic E-state index is 9.17. The van der Waals surface area contributed by atoms with E-state index in [1.165, 1.54) is 0 Å². The zero-order chi connectivity index (χ0) is 7.23. The third-order valence-electron chi connectivity index (χ3n) is 2.60. The molecule has 3 N–H and O–H groups in total. The van der Waals surface area contributed by atoms with Crippen molar-refractivity contribution in [3.05, 3.63) is 0 Å². The lowest BCUT2D eigenvalue weighted by Crippen LogP contribution is -2.31. The third kappa shape index (κ3) is 0.689. The number of nitrogens with two attached hydrogens (primary N) is 1. The minimum absolute atomic E-state index is 0.167. The number of hydrogen-bond donors (Lipinski definition) is 2. The van der Waals surface area contributed by atoms with Gasteiger partial charge in [0, 0.05) is 6.04 Å². The zero-order valence-electron chi connectivity index (χ0n) is 6.13. The molecule has 1 rings (SSSR count). The van der Waals surface area contributed by atoms with Gasteiger partial charge in [-0.15, -0.1) is 0 Å². The van der Waals surface area contributed by atoms with E-state index in [-0.39, 0.29) is 11.6 Å². The second kappa shape index (κ2) is 1.68. The van der Waals surface area contributed by atoms with Crippen LogP contribution in [0.25, 0.3) is 0 Å². The molecule has 0 radical (unpaired) electrons. The molecule has 0 aromatic carbocycles. The first-order valence-corrected chi connectivity index (χ1v) is 3.23. The van der Waals surface area contributed by atoms with Crippen LogP contribution in [-0.2, 0) is 0 Å². The van der Waals surface area contributed by atoms with Crippen LogP contribution < -0.4 is 5.84 Å². The van der Waals surface area contributed by atoms with E-state index in [0.717, 1.165) is 0 Å². The summed E-state index contributed by atoms with van der Waals surface area (Å²) in [6, 6.07) is 0.317. The van der Waals surface area contributed by atoms with Crippen LogP contribution in [-0.4, -0.2) is 27.8 Å². The molecule has 3 heteroatoms. The lowest BCUT2D eigenvalue weighted by atomic mass is 10.0. The van der Waals surface area contributed by atoms with Crippen molar-refractivity contribution in [2.75, 3.05) is 0 Å². The highest BCUT2D eigenvalue weighted by atomic mass is 16.3. The molecule has 54 valence electrons. The first kappa shape index (κ1) is 6.99. The number of aliphatic hydroxyl groups excluding tert-OH is 1. The molecule has 1 aliphatic rings. The molecule has 3 nitrogen and oxygen atoms in total.